The molecule has 1 aromatic rings. The lowest BCUT2D eigenvalue weighted by Gasteiger charge is -2.29. The Bertz CT molecular complexity index is 2510. The summed E-state index contributed by atoms with van der Waals surface area (Å²) >= 11 is 0. The number of morpholine rings is 1. The van der Waals surface area contributed by atoms with Crippen LogP contribution in [0.15, 0.2) is 24.3 Å². The van der Waals surface area contributed by atoms with Crippen molar-refractivity contribution in [3.8, 4) is 5.75 Å². The van der Waals surface area contributed by atoms with Crippen LogP contribution in [0.4, 0.5) is 9.59 Å². The van der Waals surface area contributed by atoms with Crippen molar-refractivity contribution in [2.75, 3.05) is 46.0 Å². The first-order valence-corrected chi connectivity index (χ1v) is 27.8. The number of phenolic OH excluding ortho intramolecular Hbond substituents is 1. The highest BCUT2D eigenvalue weighted by Crippen LogP contribution is 2.15. The Balaban J connectivity index is 2.22. The molecule has 16 N–H and O–H groups in total. The molecule has 0 spiro atoms. The molecular formula is C53H84BN13O18. The molecule has 472 valence electrons. The molecular weight excluding hydrogens is 1120 g/mol. The molecule has 2 heterocycles. The molecule has 2 aliphatic heterocycles. The van der Waals surface area contributed by atoms with E-state index >= 15 is 0 Å². The topological polar surface area (TPSA) is 450 Å². The minimum atomic E-state index is -1.81. The number of alkyl carbamates (subject to hydrolysis) is 2. The number of hydrogen-bond acceptors (Lipinski definition) is 19. The number of aromatic hydroxyl groups is 1. The fourth-order valence-electron chi connectivity index (χ4n) is 8.30. The van der Waals surface area contributed by atoms with Crippen LogP contribution >= 0.6 is 0 Å². The first-order valence-electron chi connectivity index (χ1n) is 27.8. The van der Waals surface area contributed by atoms with E-state index in [9.17, 15) is 72.9 Å². The maximum atomic E-state index is 14.6. The predicted octanol–water partition coefficient (Wildman–Crippen LogP) is -4.84. The average Bonchev–Trinajstić information content (AvgIpc) is 3.46. The molecule has 0 saturated carbocycles. The summed E-state index contributed by atoms with van der Waals surface area (Å²) < 4.78 is 15.7. The molecule has 3 rings (SSSR count). The van der Waals surface area contributed by atoms with Gasteiger partial charge in [0.15, 0.2) is 7.98 Å². The third kappa shape index (κ3) is 26.3. The maximum absolute atomic E-state index is 14.6. The van der Waals surface area contributed by atoms with E-state index in [4.69, 9.17) is 22.2 Å². The number of hydrogen-bond donors (Lipinski definition) is 16. The van der Waals surface area contributed by atoms with E-state index in [0.29, 0.717) is 5.56 Å². The molecule has 32 heteroatoms. The van der Waals surface area contributed by atoms with Crippen molar-refractivity contribution in [3.05, 3.63) is 29.8 Å². The number of nitrogens with one attached hydrogen (secondary N) is 13. The third-order valence-corrected chi connectivity index (χ3v) is 12.4. The van der Waals surface area contributed by atoms with Gasteiger partial charge in [-0.3, -0.25) is 47.9 Å². The molecule has 31 nitrogen and oxygen atoms in total. The Hall–Kier alpha value is -7.84. The third-order valence-electron chi connectivity index (χ3n) is 12.4. The smallest absolute Gasteiger partial charge is 0.407 e. The van der Waals surface area contributed by atoms with Gasteiger partial charge >= 0.3 is 12.2 Å². The number of aliphatic hydroxyl groups is 2. The summed E-state index contributed by atoms with van der Waals surface area (Å²) in [4.78, 5) is 165. The van der Waals surface area contributed by atoms with Crippen LogP contribution in [-0.2, 0) is 68.6 Å². The summed E-state index contributed by atoms with van der Waals surface area (Å²) in [6, 6.07) is -8.86. The largest absolute Gasteiger partial charge is 0.508 e. The minimum Gasteiger partial charge on any atom is -0.508 e. The van der Waals surface area contributed by atoms with Crippen molar-refractivity contribution >= 4 is 79.2 Å². The highest BCUT2D eigenvalue weighted by Gasteiger charge is 2.37. The Kier molecular flexibility index (Phi) is 28.7. The summed E-state index contributed by atoms with van der Waals surface area (Å²) in [5, 5.41) is 63.6. The maximum Gasteiger partial charge on any atom is 0.407 e. The van der Waals surface area contributed by atoms with Gasteiger partial charge in [-0.2, -0.15) is 0 Å². The normalized spacial score (nSPS) is 23.5. The van der Waals surface area contributed by atoms with Crippen LogP contribution in [0, 0.1) is 5.92 Å². The summed E-state index contributed by atoms with van der Waals surface area (Å²) in [5.41, 5.74) is -1.56. The molecule has 0 aliphatic carbocycles. The Morgan fingerprint density at radius 1 is 0.694 bits per heavy atom. The molecule has 2 fully saturated rings. The van der Waals surface area contributed by atoms with Crippen LogP contribution in [-0.4, -0.2) is 212 Å². The lowest BCUT2D eigenvalue weighted by atomic mass is 10.00. The zero-order valence-electron chi connectivity index (χ0n) is 49.4. The van der Waals surface area contributed by atoms with E-state index in [-0.39, 0.29) is 70.2 Å². The fourth-order valence-corrected chi connectivity index (χ4v) is 8.30. The van der Waals surface area contributed by atoms with Gasteiger partial charge in [-0.25, -0.2) is 9.59 Å². The molecule has 2 aliphatic rings. The van der Waals surface area contributed by atoms with Crippen LogP contribution in [0.1, 0.15) is 100.0 Å². The molecule has 2 saturated heterocycles. The number of carbonyl (C=O) groups is 12. The van der Waals surface area contributed by atoms with Crippen molar-refractivity contribution in [1.29, 1.82) is 0 Å². The summed E-state index contributed by atoms with van der Waals surface area (Å²) in [7, 11) is 5.60. The van der Waals surface area contributed by atoms with Crippen molar-refractivity contribution in [2.24, 2.45) is 5.92 Å². The number of carbonyl (C=O) groups excluding carboxylic acids is 12. The van der Waals surface area contributed by atoms with E-state index in [1.165, 1.54) is 24.3 Å². The zero-order valence-corrected chi connectivity index (χ0v) is 49.4. The zero-order chi connectivity index (χ0) is 63.8. The minimum absolute atomic E-state index is 0.0840. The van der Waals surface area contributed by atoms with Crippen molar-refractivity contribution < 1.29 is 87.1 Å². The number of rotatable bonds is 19. The molecule has 2 radical (unpaired) electrons. The molecule has 0 aromatic heterocycles. The number of phenols is 1. The van der Waals surface area contributed by atoms with E-state index < -0.39 is 169 Å². The van der Waals surface area contributed by atoms with Crippen molar-refractivity contribution in [2.45, 2.75) is 173 Å². The Morgan fingerprint density at radius 3 is 1.71 bits per heavy atom. The second kappa shape index (κ2) is 34.2. The number of benzene rings is 1. The SMILES string of the molecule is [B]NCC[C@@H]1NC(=O)[C@@H](NC(=O)[C@@H](CO)NC(=O)[C@@H]2COCC(=O)N2)CCNC(=O)[C@H]([C@@H](C)O)NC(=O)[C@H](CCNC(=O)OC(C)(C)C)NC(=O)[C@H](CCNC(=O)OC(C)(C)C)NC(=O)[C@H](CC(C)C)NC(=O)[C@@H](Cc2cccc(O)c2)NC1=O. The quantitative estimate of drug-likeness (QED) is 0.0578. The van der Waals surface area contributed by atoms with Crippen LogP contribution in [0.3, 0.4) is 0 Å². The lowest BCUT2D eigenvalue weighted by Crippen LogP contribution is -2.61. The van der Waals surface area contributed by atoms with E-state index in [1.54, 1.807) is 55.4 Å². The van der Waals surface area contributed by atoms with Crippen LogP contribution < -0.4 is 69.0 Å². The molecule has 85 heavy (non-hydrogen) atoms. The van der Waals surface area contributed by atoms with Gasteiger partial charge in [0.1, 0.15) is 77.9 Å². The molecule has 12 amide bonds. The van der Waals surface area contributed by atoms with Gasteiger partial charge in [0, 0.05) is 26.1 Å². The number of ether oxygens (including phenoxy) is 3. The average molecular weight is 1200 g/mol. The van der Waals surface area contributed by atoms with E-state index in [0.717, 1.165) is 6.92 Å². The summed E-state index contributed by atoms with van der Waals surface area (Å²) in [5.74, 6) is -10.5. The van der Waals surface area contributed by atoms with Crippen LogP contribution in [0.2, 0.25) is 0 Å². The number of amides is 12. The first kappa shape index (κ1) is 71.4. The van der Waals surface area contributed by atoms with Gasteiger partial charge in [0.2, 0.25) is 59.1 Å². The highest BCUT2D eigenvalue weighted by molar-refractivity contribution is 6.04. The van der Waals surface area contributed by atoms with Gasteiger partial charge in [-0.1, -0.05) is 26.0 Å². The Morgan fingerprint density at radius 2 is 1.20 bits per heavy atom. The van der Waals surface area contributed by atoms with Gasteiger partial charge in [-0.05, 0) is 111 Å². The summed E-state index contributed by atoms with van der Waals surface area (Å²) in [6.45, 7) is 11.3. The van der Waals surface area contributed by atoms with Gasteiger partial charge in [0.05, 0.1) is 19.3 Å². The highest BCUT2D eigenvalue weighted by atomic mass is 16.6. The monoisotopic (exact) mass is 1200 g/mol. The van der Waals surface area contributed by atoms with Gasteiger partial charge in [-0.15, -0.1) is 0 Å². The van der Waals surface area contributed by atoms with E-state index in [1.807, 2.05) is 0 Å². The Labute approximate surface area is 494 Å². The molecule has 10 atom stereocenters. The van der Waals surface area contributed by atoms with Crippen molar-refractivity contribution in [1.82, 2.24) is 69.0 Å². The van der Waals surface area contributed by atoms with Crippen LogP contribution in [0.25, 0.3) is 0 Å². The van der Waals surface area contributed by atoms with E-state index in [2.05, 4.69) is 69.0 Å². The summed E-state index contributed by atoms with van der Waals surface area (Å²) in [6.07, 6.45) is -5.46. The first-order chi connectivity index (χ1) is 39.8. The molecule has 1 aromatic carbocycles. The van der Waals surface area contributed by atoms with Crippen molar-refractivity contribution in [3.63, 3.8) is 0 Å². The second-order valence-electron chi connectivity index (χ2n) is 22.7. The van der Waals surface area contributed by atoms with Crippen LogP contribution in [0.5, 0.6) is 5.75 Å². The standard InChI is InChI=1S/C53H84BN13O18/c1-27(2)21-35-45(76)62-32(14-18-56-50(81)84-52(4,5)6)42(73)60-33(15-19-57-51(82)85-53(7,8)9)44(75)67-40(28(3)69)49(80)55-17-13-31(63-47(78)37(24-68)66-48(79)38-25-83-26-39(71)59-38)41(72)61-34(16-20-58-54)43(74)65-36(46(77)64-35)23-29-11-10-12-30(70)22-29/h10-12,22,27-28,31-38,40,58,68-70H,13-21,23-26H2,1-9H3,(H,55,80)(H,56,81)(H,57,82)(H,59,71)(H,60,73)(H,61,72)(H,62,76)(H,63,78)(H,64,77)(H,65,74)(H,66,79)(H,67,75)/t28-,31+,32+,33+,34+,35+,36-,37-,38+,40+/m1/s1. The second-order valence-corrected chi connectivity index (χ2v) is 22.7. The predicted molar refractivity (Wildman–Crippen MR) is 302 cm³/mol. The lowest BCUT2D eigenvalue weighted by molar-refractivity contribution is -0.140. The molecule has 0 bridgehead atoms. The van der Waals surface area contributed by atoms with Gasteiger partial charge < -0.3 is 98.6 Å². The molecule has 0 unspecified atom stereocenters. The van der Waals surface area contributed by atoms with Gasteiger partial charge in [0.25, 0.3) is 0 Å². The fraction of sp³-hybridized carbons (Fsp3) is 0.660. The number of aliphatic hydroxyl groups excluding tert-OH is 2.